The van der Waals surface area contributed by atoms with Crippen LogP contribution in [0.15, 0.2) is 39.5 Å². The summed E-state index contributed by atoms with van der Waals surface area (Å²) in [6, 6.07) is 9.06. The van der Waals surface area contributed by atoms with E-state index in [1.54, 1.807) is 6.07 Å². The third-order valence-electron chi connectivity index (χ3n) is 3.83. The number of benzene rings is 1. The average Bonchev–Trinajstić information content (AvgIpc) is 3.17. The standard InChI is InChI=1S/C17H14ClN5OS2/c1-9-15(11-3-5-12(18)6-4-11)16-19-13(7-14(24)23(16)22-9)8-25-17-21-20-10(2)26-17/h3-7,22H,8H2,1-2H3. The molecule has 0 aliphatic carbocycles. The number of fused-ring (bicyclic) bond motifs is 1. The third-order valence-corrected chi connectivity index (χ3v) is 6.09. The molecule has 1 N–H and O–H groups in total. The number of aromatic nitrogens is 5. The summed E-state index contributed by atoms with van der Waals surface area (Å²) >= 11 is 9.05. The summed E-state index contributed by atoms with van der Waals surface area (Å²) in [7, 11) is 0. The first kappa shape index (κ1) is 17.3. The lowest BCUT2D eigenvalue weighted by atomic mass is 10.1. The van der Waals surface area contributed by atoms with E-state index in [-0.39, 0.29) is 5.56 Å². The maximum Gasteiger partial charge on any atom is 0.272 e. The lowest BCUT2D eigenvalue weighted by molar-refractivity contribution is 0.871. The predicted octanol–water partition coefficient (Wildman–Crippen LogP) is 4.10. The van der Waals surface area contributed by atoms with Gasteiger partial charge in [-0.05, 0) is 31.5 Å². The highest BCUT2D eigenvalue weighted by atomic mass is 35.5. The molecule has 3 heterocycles. The van der Waals surface area contributed by atoms with Gasteiger partial charge in [0.1, 0.15) is 5.01 Å². The van der Waals surface area contributed by atoms with Crippen molar-refractivity contribution in [1.82, 2.24) is 24.8 Å². The molecule has 0 atom stereocenters. The van der Waals surface area contributed by atoms with Crippen LogP contribution in [0.25, 0.3) is 16.8 Å². The smallest absolute Gasteiger partial charge is 0.272 e. The Morgan fingerprint density at radius 3 is 2.69 bits per heavy atom. The van der Waals surface area contributed by atoms with Crippen LogP contribution >= 0.6 is 34.7 Å². The van der Waals surface area contributed by atoms with Crippen LogP contribution in [-0.4, -0.2) is 24.8 Å². The summed E-state index contributed by atoms with van der Waals surface area (Å²) in [6.07, 6.45) is 0. The Labute approximate surface area is 162 Å². The zero-order chi connectivity index (χ0) is 18.3. The Balaban J connectivity index is 1.76. The van der Waals surface area contributed by atoms with E-state index in [1.807, 2.05) is 38.1 Å². The zero-order valence-electron chi connectivity index (χ0n) is 14.0. The molecule has 0 spiro atoms. The molecule has 0 saturated carbocycles. The van der Waals surface area contributed by atoms with Crippen LogP contribution < -0.4 is 5.56 Å². The van der Waals surface area contributed by atoms with Crippen LogP contribution in [-0.2, 0) is 5.75 Å². The number of hydrogen-bond donors (Lipinski definition) is 1. The topological polar surface area (TPSA) is 75.9 Å². The molecule has 0 amide bonds. The predicted molar refractivity (Wildman–Crippen MR) is 105 cm³/mol. The summed E-state index contributed by atoms with van der Waals surface area (Å²) in [5.41, 5.74) is 3.92. The fraction of sp³-hybridized carbons (Fsp3) is 0.176. The molecule has 3 aromatic heterocycles. The lowest BCUT2D eigenvalue weighted by Gasteiger charge is -2.03. The highest BCUT2D eigenvalue weighted by molar-refractivity contribution is 8.00. The Bertz CT molecular complexity index is 1150. The summed E-state index contributed by atoms with van der Waals surface area (Å²) < 4.78 is 2.34. The van der Waals surface area contributed by atoms with Crippen LogP contribution in [0, 0.1) is 13.8 Å². The Kier molecular flexibility index (Phi) is 4.56. The second kappa shape index (κ2) is 6.86. The first-order valence-electron chi connectivity index (χ1n) is 7.81. The quantitative estimate of drug-likeness (QED) is 0.519. The average molecular weight is 404 g/mol. The number of hydrogen-bond acceptors (Lipinski definition) is 6. The van der Waals surface area contributed by atoms with Gasteiger partial charge in [-0.2, -0.15) is 0 Å². The number of aryl methyl sites for hydroxylation is 2. The highest BCUT2D eigenvalue weighted by Gasteiger charge is 2.15. The van der Waals surface area contributed by atoms with Crippen LogP contribution in [0.4, 0.5) is 0 Å². The molecule has 0 unspecified atom stereocenters. The molecule has 0 radical (unpaired) electrons. The minimum atomic E-state index is -0.137. The van der Waals surface area contributed by atoms with Gasteiger partial charge in [-0.25, -0.2) is 9.50 Å². The molecule has 26 heavy (non-hydrogen) atoms. The molecule has 132 valence electrons. The molecule has 6 nitrogen and oxygen atoms in total. The van der Waals surface area contributed by atoms with E-state index in [1.165, 1.54) is 27.6 Å². The molecular weight excluding hydrogens is 390 g/mol. The highest BCUT2D eigenvalue weighted by Crippen LogP contribution is 2.29. The van der Waals surface area contributed by atoms with Crippen molar-refractivity contribution in [2.24, 2.45) is 0 Å². The van der Waals surface area contributed by atoms with E-state index < -0.39 is 0 Å². The van der Waals surface area contributed by atoms with Crippen molar-refractivity contribution in [1.29, 1.82) is 0 Å². The Morgan fingerprint density at radius 1 is 1.23 bits per heavy atom. The molecule has 4 rings (SSSR count). The van der Waals surface area contributed by atoms with Gasteiger partial charge < -0.3 is 0 Å². The van der Waals surface area contributed by atoms with Crippen molar-refractivity contribution < 1.29 is 0 Å². The fourth-order valence-electron chi connectivity index (χ4n) is 2.71. The normalized spacial score (nSPS) is 11.3. The van der Waals surface area contributed by atoms with Crippen LogP contribution in [0.5, 0.6) is 0 Å². The number of nitrogens with one attached hydrogen (secondary N) is 1. The van der Waals surface area contributed by atoms with E-state index >= 15 is 0 Å². The molecule has 9 heteroatoms. The minimum absolute atomic E-state index is 0.137. The third kappa shape index (κ3) is 3.27. The number of aromatic amines is 1. The van der Waals surface area contributed by atoms with E-state index in [9.17, 15) is 4.79 Å². The van der Waals surface area contributed by atoms with Gasteiger partial charge in [0.15, 0.2) is 9.99 Å². The van der Waals surface area contributed by atoms with Gasteiger partial charge >= 0.3 is 0 Å². The lowest BCUT2D eigenvalue weighted by Crippen LogP contribution is -2.15. The van der Waals surface area contributed by atoms with Crippen molar-refractivity contribution >= 4 is 40.3 Å². The van der Waals surface area contributed by atoms with E-state index in [0.29, 0.717) is 22.1 Å². The first-order chi connectivity index (χ1) is 12.5. The first-order valence-corrected chi connectivity index (χ1v) is 9.99. The molecular formula is C17H14ClN5OS2. The number of H-pyrrole nitrogens is 1. The van der Waals surface area contributed by atoms with E-state index in [2.05, 4.69) is 15.3 Å². The number of rotatable bonds is 4. The molecule has 0 aliphatic rings. The maximum atomic E-state index is 12.5. The van der Waals surface area contributed by atoms with Gasteiger partial charge in [0.05, 0.1) is 5.69 Å². The van der Waals surface area contributed by atoms with Crippen molar-refractivity contribution in [2.75, 3.05) is 0 Å². The SMILES string of the molecule is Cc1nnc(SCc2cc(=O)n3[nH]c(C)c(-c4ccc(Cl)cc4)c3n2)s1. The summed E-state index contributed by atoms with van der Waals surface area (Å²) in [5, 5.41) is 12.8. The molecule has 0 saturated heterocycles. The van der Waals surface area contributed by atoms with Gasteiger partial charge in [-0.15, -0.1) is 10.2 Å². The summed E-state index contributed by atoms with van der Waals surface area (Å²) in [4.78, 5) is 17.2. The number of nitrogens with zero attached hydrogens (tertiary/aromatic N) is 4. The van der Waals surface area contributed by atoms with Gasteiger partial charge in [-0.3, -0.25) is 9.89 Å². The molecule has 0 bridgehead atoms. The zero-order valence-corrected chi connectivity index (χ0v) is 16.4. The van der Waals surface area contributed by atoms with Gasteiger partial charge in [0.25, 0.3) is 5.56 Å². The summed E-state index contributed by atoms with van der Waals surface area (Å²) in [6.45, 7) is 3.84. The molecule has 4 aromatic rings. The van der Waals surface area contributed by atoms with Crippen LogP contribution in [0.3, 0.4) is 0 Å². The van der Waals surface area contributed by atoms with Gasteiger partial charge in [0, 0.05) is 28.1 Å². The van der Waals surface area contributed by atoms with Crippen molar-refractivity contribution in [2.45, 2.75) is 23.9 Å². The van der Waals surface area contributed by atoms with Crippen molar-refractivity contribution in [3.05, 3.63) is 62.1 Å². The Morgan fingerprint density at radius 2 is 2.00 bits per heavy atom. The monoisotopic (exact) mass is 403 g/mol. The van der Waals surface area contributed by atoms with Crippen molar-refractivity contribution in [3.63, 3.8) is 0 Å². The molecule has 1 aromatic carbocycles. The molecule has 0 aliphatic heterocycles. The maximum absolute atomic E-state index is 12.5. The summed E-state index contributed by atoms with van der Waals surface area (Å²) in [5.74, 6) is 0.560. The van der Waals surface area contributed by atoms with Crippen molar-refractivity contribution in [3.8, 4) is 11.1 Å². The fourth-order valence-corrected chi connectivity index (χ4v) is 4.54. The van der Waals surface area contributed by atoms with Gasteiger partial charge in [-0.1, -0.05) is 46.8 Å². The number of halogens is 1. The van der Waals surface area contributed by atoms with Crippen LogP contribution in [0.2, 0.25) is 5.02 Å². The molecule has 0 fully saturated rings. The number of thioether (sulfide) groups is 1. The van der Waals surface area contributed by atoms with E-state index in [4.69, 9.17) is 16.6 Å². The minimum Gasteiger partial charge on any atom is -0.293 e. The van der Waals surface area contributed by atoms with Crippen LogP contribution in [0.1, 0.15) is 16.4 Å². The van der Waals surface area contributed by atoms with Gasteiger partial charge in [0.2, 0.25) is 0 Å². The largest absolute Gasteiger partial charge is 0.293 e. The second-order valence-electron chi connectivity index (χ2n) is 5.74. The second-order valence-corrected chi connectivity index (χ2v) is 8.58. The van der Waals surface area contributed by atoms with E-state index in [0.717, 1.165) is 26.2 Å². The Hall–Kier alpha value is -2.16.